The number of morpholine rings is 1. The van der Waals surface area contributed by atoms with Gasteiger partial charge < -0.3 is 14.2 Å². The first-order valence-corrected chi connectivity index (χ1v) is 9.25. The quantitative estimate of drug-likeness (QED) is 0.763. The Hall–Kier alpha value is -2.63. The van der Waals surface area contributed by atoms with Crippen LogP contribution >= 0.6 is 0 Å². The summed E-state index contributed by atoms with van der Waals surface area (Å²) in [5.74, 6) is 0.453. The van der Waals surface area contributed by atoms with Crippen molar-refractivity contribution in [2.24, 2.45) is 0 Å². The fourth-order valence-electron chi connectivity index (χ4n) is 3.36. The van der Waals surface area contributed by atoms with Crippen molar-refractivity contribution in [1.29, 1.82) is 0 Å². The zero-order valence-corrected chi connectivity index (χ0v) is 15.2. The molecule has 2 aromatic carbocycles. The van der Waals surface area contributed by atoms with Crippen LogP contribution in [0.5, 0.6) is 5.75 Å². The van der Waals surface area contributed by atoms with Gasteiger partial charge in [0.05, 0.1) is 12.2 Å². The molecular formula is C22H23NO4. The van der Waals surface area contributed by atoms with Crippen molar-refractivity contribution in [2.75, 3.05) is 32.9 Å². The first-order valence-electron chi connectivity index (χ1n) is 9.25. The van der Waals surface area contributed by atoms with Crippen LogP contribution in [0.4, 0.5) is 0 Å². The summed E-state index contributed by atoms with van der Waals surface area (Å²) in [4.78, 5) is 14.7. The summed E-state index contributed by atoms with van der Waals surface area (Å²) in [6.45, 7) is 3.65. The predicted octanol–water partition coefficient (Wildman–Crippen LogP) is 2.91. The monoisotopic (exact) mass is 365 g/mol. The summed E-state index contributed by atoms with van der Waals surface area (Å²) in [5.41, 5.74) is 2.71. The van der Waals surface area contributed by atoms with Gasteiger partial charge in [0, 0.05) is 25.2 Å². The van der Waals surface area contributed by atoms with Gasteiger partial charge in [0.25, 0.3) is 0 Å². The Labute approximate surface area is 159 Å². The highest BCUT2D eigenvalue weighted by atomic mass is 16.6. The van der Waals surface area contributed by atoms with E-state index < -0.39 is 0 Å². The zero-order chi connectivity index (χ0) is 18.5. The Bertz CT molecular complexity index is 818. The average Bonchev–Trinajstić information content (AvgIpc) is 2.73. The van der Waals surface area contributed by atoms with Crippen LogP contribution in [-0.2, 0) is 20.8 Å². The van der Waals surface area contributed by atoms with E-state index in [9.17, 15) is 4.79 Å². The molecule has 0 saturated carbocycles. The number of hydrogen-bond donors (Lipinski definition) is 0. The molecule has 5 nitrogen and oxygen atoms in total. The van der Waals surface area contributed by atoms with Crippen LogP contribution in [-0.4, -0.2) is 49.9 Å². The second-order valence-electron chi connectivity index (χ2n) is 6.81. The van der Waals surface area contributed by atoms with E-state index in [-0.39, 0.29) is 25.3 Å². The highest BCUT2D eigenvalue weighted by Crippen LogP contribution is 2.26. The van der Waals surface area contributed by atoms with E-state index in [0.29, 0.717) is 12.2 Å². The van der Waals surface area contributed by atoms with Gasteiger partial charge in [-0.3, -0.25) is 4.90 Å². The van der Waals surface area contributed by atoms with Gasteiger partial charge in [-0.2, -0.15) is 0 Å². The summed E-state index contributed by atoms with van der Waals surface area (Å²) in [6, 6.07) is 18.0. The van der Waals surface area contributed by atoms with Gasteiger partial charge in [0.1, 0.15) is 25.1 Å². The van der Waals surface area contributed by atoms with E-state index in [1.165, 1.54) is 5.56 Å². The molecule has 4 rings (SSSR count). The van der Waals surface area contributed by atoms with E-state index in [1.807, 2.05) is 48.5 Å². The fraction of sp³-hybridized carbons (Fsp3) is 0.318. The van der Waals surface area contributed by atoms with Gasteiger partial charge in [-0.1, -0.05) is 48.5 Å². The molecule has 2 heterocycles. The van der Waals surface area contributed by atoms with Crippen molar-refractivity contribution < 1.29 is 19.0 Å². The van der Waals surface area contributed by atoms with Crippen molar-refractivity contribution in [3.8, 4) is 5.75 Å². The van der Waals surface area contributed by atoms with Crippen molar-refractivity contribution in [2.45, 2.75) is 12.6 Å². The van der Waals surface area contributed by atoms with Gasteiger partial charge >= 0.3 is 5.97 Å². The average molecular weight is 365 g/mol. The van der Waals surface area contributed by atoms with Crippen LogP contribution in [0.2, 0.25) is 0 Å². The molecule has 1 atom stereocenters. The Kier molecular flexibility index (Phi) is 5.51. The van der Waals surface area contributed by atoms with E-state index in [4.69, 9.17) is 14.2 Å². The molecule has 2 aliphatic heterocycles. The summed E-state index contributed by atoms with van der Waals surface area (Å²) in [5, 5.41) is 0. The topological polar surface area (TPSA) is 48.0 Å². The third-order valence-electron chi connectivity index (χ3n) is 4.77. The van der Waals surface area contributed by atoms with E-state index in [0.717, 1.165) is 30.9 Å². The molecular weight excluding hydrogens is 342 g/mol. The highest BCUT2D eigenvalue weighted by Gasteiger charge is 2.24. The molecule has 5 heteroatoms. The van der Waals surface area contributed by atoms with Crippen molar-refractivity contribution in [3.05, 3.63) is 71.3 Å². The number of hydrogen-bond acceptors (Lipinski definition) is 5. The molecule has 27 heavy (non-hydrogen) atoms. The lowest BCUT2D eigenvalue weighted by Crippen LogP contribution is -2.44. The molecule has 1 unspecified atom stereocenters. The molecule has 2 aromatic rings. The standard InChI is InChI=1S/C22H23NO4/c24-22(19-12-18-8-4-5-9-21(18)26-15-19)27-16-20-14-23(10-11-25-20)13-17-6-2-1-3-7-17/h1-9,12,20H,10-11,13-16H2. The Balaban J connectivity index is 1.29. The smallest absolute Gasteiger partial charge is 0.337 e. The van der Waals surface area contributed by atoms with Crippen LogP contribution in [0.1, 0.15) is 11.1 Å². The summed E-state index contributed by atoms with van der Waals surface area (Å²) in [7, 11) is 0. The van der Waals surface area contributed by atoms with Crippen LogP contribution in [0.25, 0.3) is 6.08 Å². The Morgan fingerprint density at radius 1 is 1.11 bits per heavy atom. The van der Waals surface area contributed by atoms with Crippen molar-refractivity contribution in [3.63, 3.8) is 0 Å². The number of fused-ring (bicyclic) bond motifs is 1. The lowest BCUT2D eigenvalue weighted by molar-refractivity contribution is -0.146. The minimum atomic E-state index is -0.340. The predicted molar refractivity (Wildman–Crippen MR) is 102 cm³/mol. The van der Waals surface area contributed by atoms with Crippen LogP contribution < -0.4 is 4.74 Å². The number of carbonyl (C=O) groups is 1. The normalized spacial score (nSPS) is 19.6. The number of para-hydroxylation sites is 1. The highest BCUT2D eigenvalue weighted by molar-refractivity contribution is 5.95. The van der Waals surface area contributed by atoms with Crippen LogP contribution in [0.3, 0.4) is 0 Å². The zero-order valence-electron chi connectivity index (χ0n) is 15.2. The lowest BCUT2D eigenvalue weighted by Gasteiger charge is -2.32. The third-order valence-corrected chi connectivity index (χ3v) is 4.77. The van der Waals surface area contributed by atoms with Crippen molar-refractivity contribution in [1.82, 2.24) is 4.90 Å². The third kappa shape index (κ3) is 4.56. The maximum Gasteiger partial charge on any atom is 0.337 e. The van der Waals surface area contributed by atoms with Gasteiger partial charge in [0.15, 0.2) is 0 Å². The largest absolute Gasteiger partial charge is 0.488 e. The van der Waals surface area contributed by atoms with Gasteiger partial charge in [-0.05, 0) is 17.7 Å². The first kappa shape index (κ1) is 17.8. The van der Waals surface area contributed by atoms with Crippen molar-refractivity contribution >= 4 is 12.0 Å². The SMILES string of the molecule is O=C(OCC1CN(Cc2ccccc2)CCO1)C1=Cc2ccccc2OC1. The molecule has 2 aliphatic rings. The molecule has 1 saturated heterocycles. The van der Waals surface area contributed by atoms with Gasteiger partial charge in [0.2, 0.25) is 0 Å². The molecule has 0 amide bonds. The number of rotatable bonds is 5. The minimum Gasteiger partial charge on any atom is -0.488 e. The first-order chi connectivity index (χ1) is 13.3. The molecule has 0 radical (unpaired) electrons. The molecule has 140 valence electrons. The van der Waals surface area contributed by atoms with E-state index in [2.05, 4.69) is 17.0 Å². The van der Waals surface area contributed by atoms with Crippen LogP contribution in [0.15, 0.2) is 60.2 Å². The van der Waals surface area contributed by atoms with Gasteiger partial charge in [-0.15, -0.1) is 0 Å². The number of nitrogens with zero attached hydrogens (tertiary/aromatic N) is 1. The molecule has 0 aromatic heterocycles. The summed E-state index contributed by atoms with van der Waals surface area (Å²) < 4.78 is 16.9. The molecule has 0 bridgehead atoms. The molecule has 0 aliphatic carbocycles. The number of carbonyl (C=O) groups excluding carboxylic acids is 1. The number of benzene rings is 2. The Morgan fingerprint density at radius 3 is 2.81 bits per heavy atom. The van der Waals surface area contributed by atoms with Gasteiger partial charge in [-0.25, -0.2) is 4.79 Å². The molecule has 0 N–H and O–H groups in total. The second-order valence-corrected chi connectivity index (χ2v) is 6.81. The lowest BCUT2D eigenvalue weighted by atomic mass is 10.1. The number of ether oxygens (including phenoxy) is 3. The summed E-state index contributed by atoms with van der Waals surface area (Å²) >= 11 is 0. The maximum atomic E-state index is 12.4. The van der Waals surface area contributed by atoms with E-state index in [1.54, 1.807) is 0 Å². The second kappa shape index (κ2) is 8.37. The minimum absolute atomic E-state index is 0.108. The summed E-state index contributed by atoms with van der Waals surface area (Å²) in [6.07, 6.45) is 1.73. The molecule has 0 spiro atoms. The van der Waals surface area contributed by atoms with Crippen LogP contribution in [0, 0.1) is 0 Å². The molecule has 1 fully saturated rings. The Morgan fingerprint density at radius 2 is 1.93 bits per heavy atom. The van der Waals surface area contributed by atoms with E-state index >= 15 is 0 Å². The fourth-order valence-corrected chi connectivity index (χ4v) is 3.36. The number of esters is 1. The maximum absolute atomic E-state index is 12.4.